The second-order valence-corrected chi connectivity index (χ2v) is 9.59. The van der Waals surface area contributed by atoms with Crippen molar-refractivity contribution in [3.8, 4) is 0 Å². The third-order valence-electron chi connectivity index (χ3n) is 6.78. The molecule has 3 amide bonds. The summed E-state index contributed by atoms with van der Waals surface area (Å²) in [4.78, 5) is 40.3. The second kappa shape index (κ2) is 9.55. The third kappa shape index (κ3) is 4.90. The van der Waals surface area contributed by atoms with Crippen LogP contribution in [0.15, 0.2) is 30.3 Å². The summed E-state index contributed by atoms with van der Waals surface area (Å²) in [7, 11) is 1.63. The molecule has 33 heavy (non-hydrogen) atoms. The molecule has 1 aromatic heterocycles. The summed E-state index contributed by atoms with van der Waals surface area (Å²) in [5, 5.41) is 11.0. The lowest BCUT2D eigenvalue weighted by Gasteiger charge is -2.41. The molecule has 0 saturated heterocycles. The number of nitrogens with one attached hydrogen (secondary N) is 2. The van der Waals surface area contributed by atoms with Crippen molar-refractivity contribution in [1.29, 1.82) is 0 Å². The smallest absolute Gasteiger partial charge is 0.272 e. The van der Waals surface area contributed by atoms with Gasteiger partial charge >= 0.3 is 0 Å². The number of carbonyl (C=O) groups excluding carboxylic acids is 3. The van der Waals surface area contributed by atoms with Crippen molar-refractivity contribution in [2.45, 2.75) is 63.6 Å². The van der Waals surface area contributed by atoms with Crippen LogP contribution in [0.25, 0.3) is 0 Å². The number of hydrogen-bond donors (Lipinski definition) is 2. The molecule has 1 saturated carbocycles. The zero-order valence-corrected chi connectivity index (χ0v) is 19.8. The van der Waals surface area contributed by atoms with Gasteiger partial charge in [-0.25, -0.2) is 0 Å². The first-order valence-corrected chi connectivity index (χ1v) is 11.9. The van der Waals surface area contributed by atoms with E-state index in [4.69, 9.17) is 11.6 Å². The lowest BCUT2D eigenvalue weighted by atomic mass is 9.92. The maximum Gasteiger partial charge on any atom is 0.272 e. The average Bonchev–Trinajstić information content (AvgIpc) is 3.23. The van der Waals surface area contributed by atoms with E-state index in [0.717, 1.165) is 31.2 Å². The molecule has 2 heterocycles. The Bertz CT molecular complexity index is 1040. The fraction of sp³-hybridized carbons (Fsp3) is 0.500. The Morgan fingerprint density at radius 2 is 1.88 bits per heavy atom. The van der Waals surface area contributed by atoms with E-state index >= 15 is 0 Å². The number of hydrogen-bond acceptors (Lipinski definition) is 4. The minimum absolute atomic E-state index is 0.146. The number of likely N-dealkylation sites (N-methyl/N-ethyl adjacent to an activating group) is 1. The van der Waals surface area contributed by atoms with E-state index in [0.29, 0.717) is 23.7 Å². The van der Waals surface area contributed by atoms with Crippen molar-refractivity contribution in [3.63, 3.8) is 0 Å². The SMILES string of the molecule is CN1C(=O)c2cc(C(=O)NCCc3ccc(Cl)cc3)nn2CC1(C)C(=O)NC1CCCCC1. The van der Waals surface area contributed by atoms with Gasteiger partial charge in [0.1, 0.15) is 11.2 Å². The first-order valence-electron chi connectivity index (χ1n) is 11.5. The maximum atomic E-state index is 13.2. The van der Waals surface area contributed by atoms with Gasteiger partial charge in [-0.2, -0.15) is 5.10 Å². The Labute approximate surface area is 198 Å². The molecule has 1 fully saturated rings. The van der Waals surface area contributed by atoms with Crippen molar-refractivity contribution in [3.05, 3.63) is 52.3 Å². The number of benzene rings is 1. The molecule has 0 spiro atoms. The summed E-state index contributed by atoms with van der Waals surface area (Å²) in [6.07, 6.45) is 5.99. The first kappa shape index (κ1) is 23.3. The number of fused-ring (bicyclic) bond motifs is 1. The summed E-state index contributed by atoms with van der Waals surface area (Å²) in [6.45, 7) is 2.37. The highest BCUT2D eigenvalue weighted by Crippen LogP contribution is 2.27. The Balaban J connectivity index is 1.42. The third-order valence-corrected chi connectivity index (χ3v) is 7.03. The van der Waals surface area contributed by atoms with E-state index < -0.39 is 5.54 Å². The van der Waals surface area contributed by atoms with E-state index in [1.54, 1.807) is 14.0 Å². The van der Waals surface area contributed by atoms with Crippen molar-refractivity contribution >= 4 is 29.3 Å². The van der Waals surface area contributed by atoms with Crippen LogP contribution in [0.5, 0.6) is 0 Å². The minimum Gasteiger partial charge on any atom is -0.351 e. The van der Waals surface area contributed by atoms with Crippen LogP contribution in [0, 0.1) is 0 Å². The number of nitrogens with zero attached hydrogens (tertiary/aromatic N) is 3. The quantitative estimate of drug-likeness (QED) is 0.677. The Hall–Kier alpha value is -2.87. The van der Waals surface area contributed by atoms with Gasteiger partial charge in [-0.15, -0.1) is 0 Å². The highest BCUT2D eigenvalue weighted by molar-refractivity contribution is 6.30. The fourth-order valence-corrected chi connectivity index (χ4v) is 4.61. The normalized spacial score (nSPS) is 20.9. The molecular weight excluding hydrogens is 442 g/mol. The standard InChI is InChI=1S/C24H30ClN5O3/c1-24(23(33)27-18-6-4-3-5-7-18)15-30-20(22(32)29(24)2)14-19(28-30)21(31)26-13-12-16-8-10-17(25)11-9-16/h8-11,14,18H,3-7,12-13,15H2,1-2H3,(H,26,31)(H,27,33). The van der Waals surface area contributed by atoms with Crippen LogP contribution >= 0.6 is 11.6 Å². The molecule has 176 valence electrons. The predicted octanol–water partition coefficient (Wildman–Crippen LogP) is 2.80. The molecule has 1 atom stereocenters. The van der Waals surface area contributed by atoms with Crippen molar-refractivity contribution in [1.82, 2.24) is 25.3 Å². The molecular formula is C24H30ClN5O3. The van der Waals surface area contributed by atoms with Gasteiger partial charge in [-0.05, 0) is 43.9 Å². The summed E-state index contributed by atoms with van der Waals surface area (Å²) in [6, 6.07) is 9.09. The predicted molar refractivity (Wildman–Crippen MR) is 125 cm³/mol. The fourth-order valence-electron chi connectivity index (χ4n) is 4.49. The highest BCUT2D eigenvalue weighted by Gasteiger charge is 2.46. The second-order valence-electron chi connectivity index (χ2n) is 9.15. The molecule has 9 heteroatoms. The zero-order valence-electron chi connectivity index (χ0n) is 19.1. The molecule has 1 aromatic carbocycles. The molecule has 0 bridgehead atoms. The van der Waals surface area contributed by atoms with Gasteiger partial charge in [-0.1, -0.05) is 43.0 Å². The van der Waals surface area contributed by atoms with Gasteiger partial charge in [0, 0.05) is 30.7 Å². The molecule has 0 radical (unpaired) electrons. The van der Waals surface area contributed by atoms with E-state index in [1.807, 2.05) is 24.3 Å². The number of aromatic nitrogens is 2. The van der Waals surface area contributed by atoms with Gasteiger partial charge < -0.3 is 15.5 Å². The van der Waals surface area contributed by atoms with E-state index in [1.165, 1.54) is 22.1 Å². The maximum absolute atomic E-state index is 13.2. The topological polar surface area (TPSA) is 96.3 Å². The molecule has 8 nitrogen and oxygen atoms in total. The van der Waals surface area contributed by atoms with Crippen molar-refractivity contribution in [2.75, 3.05) is 13.6 Å². The van der Waals surface area contributed by atoms with E-state index in [2.05, 4.69) is 15.7 Å². The molecule has 2 N–H and O–H groups in total. The lowest BCUT2D eigenvalue weighted by Crippen LogP contribution is -2.63. The van der Waals surface area contributed by atoms with Crippen molar-refractivity contribution in [2.24, 2.45) is 0 Å². The van der Waals surface area contributed by atoms with E-state index in [-0.39, 0.29) is 36.0 Å². The highest BCUT2D eigenvalue weighted by atomic mass is 35.5. The van der Waals surface area contributed by atoms with Crippen LogP contribution in [-0.2, 0) is 17.8 Å². The Kier molecular flexibility index (Phi) is 6.74. The summed E-state index contributed by atoms with van der Waals surface area (Å²) in [5.41, 5.74) is 0.457. The summed E-state index contributed by atoms with van der Waals surface area (Å²) < 4.78 is 1.48. The molecule has 2 aromatic rings. The van der Waals surface area contributed by atoms with Crippen LogP contribution in [0.1, 0.15) is 65.6 Å². The minimum atomic E-state index is -1.07. The van der Waals surface area contributed by atoms with Crippen LogP contribution in [-0.4, -0.2) is 57.6 Å². The molecule has 1 unspecified atom stereocenters. The number of halogens is 1. The molecule has 1 aliphatic heterocycles. The number of amides is 3. The van der Waals surface area contributed by atoms with Crippen molar-refractivity contribution < 1.29 is 14.4 Å². The van der Waals surface area contributed by atoms with Gasteiger partial charge in [0.15, 0.2) is 5.69 Å². The van der Waals surface area contributed by atoms with Gasteiger partial charge in [-0.3, -0.25) is 19.1 Å². The first-order chi connectivity index (χ1) is 15.8. The van der Waals surface area contributed by atoms with Gasteiger partial charge in [0.25, 0.3) is 11.8 Å². The monoisotopic (exact) mass is 471 g/mol. The zero-order chi connectivity index (χ0) is 23.6. The summed E-state index contributed by atoms with van der Waals surface area (Å²) >= 11 is 5.90. The molecule has 1 aliphatic carbocycles. The van der Waals surface area contributed by atoms with Crippen LogP contribution in [0.4, 0.5) is 0 Å². The largest absolute Gasteiger partial charge is 0.351 e. The Morgan fingerprint density at radius 1 is 1.18 bits per heavy atom. The molecule has 4 rings (SSSR count). The Morgan fingerprint density at radius 3 is 2.58 bits per heavy atom. The van der Waals surface area contributed by atoms with Gasteiger partial charge in [0.2, 0.25) is 5.91 Å². The van der Waals surface area contributed by atoms with Crippen LogP contribution < -0.4 is 10.6 Å². The number of carbonyl (C=O) groups is 3. The van der Waals surface area contributed by atoms with Crippen LogP contribution in [0.2, 0.25) is 5.02 Å². The molecule has 2 aliphatic rings. The van der Waals surface area contributed by atoms with Crippen LogP contribution in [0.3, 0.4) is 0 Å². The average molecular weight is 472 g/mol. The van der Waals surface area contributed by atoms with E-state index in [9.17, 15) is 14.4 Å². The number of rotatable bonds is 6. The summed E-state index contributed by atoms with van der Waals surface area (Å²) in [5.74, 6) is -0.856. The van der Waals surface area contributed by atoms with Gasteiger partial charge in [0.05, 0.1) is 6.54 Å². The lowest BCUT2D eigenvalue weighted by molar-refractivity contribution is -0.133.